The summed E-state index contributed by atoms with van der Waals surface area (Å²) in [6, 6.07) is 7.39. The van der Waals surface area contributed by atoms with E-state index >= 15 is 0 Å². The zero-order chi connectivity index (χ0) is 17.9. The molecule has 0 saturated carbocycles. The molecule has 0 aliphatic rings. The Morgan fingerprint density at radius 1 is 1.25 bits per heavy atom. The van der Waals surface area contributed by atoms with Crippen molar-refractivity contribution in [2.45, 2.75) is 19.2 Å². The van der Waals surface area contributed by atoms with Gasteiger partial charge in [-0.2, -0.15) is 13.2 Å². The van der Waals surface area contributed by atoms with Gasteiger partial charge in [0.25, 0.3) is 11.5 Å². The fourth-order valence-corrected chi connectivity index (χ4v) is 2.19. The van der Waals surface area contributed by atoms with Crippen LogP contribution in [0, 0.1) is 6.92 Å². The van der Waals surface area contributed by atoms with Crippen molar-refractivity contribution in [3.05, 3.63) is 69.1 Å². The molecule has 3 N–H and O–H groups in total. The van der Waals surface area contributed by atoms with E-state index in [1.807, 2.05) is 0 Å². The molecule has 8 heteroatoms. The molecule has 1 atom stereocenters. The fraction of sp³-hybridized carbons (Fsp3) is 0.250. The molecule has 0 aliphatic carbocycles. The largest absolute Gasteiger partial charge is 0.416 e. The van der Waals surface area contributed by atoms with Crippen LogP contribution in [0.15, 0.2) is 41.2 Å². The molecule has 1 heterocycles. The molecule has 0 radical (unpaired) electrons. The molecule has 5 nitrogen and oxygen atoms in total. The van der Waals surface area contributed by atoms with Crippen LogP contribution in [0.2, 0.25) is 0 Å². The van der Waals surface area contributed by atoms with Crippen molar-refractivity contribution in [1.29, 1.82) is 0 Å². The number of pyridine rings is 1. The molecule has 24 heavy (non-hydrogen) atoms. The molecule has 2 aromatic rings. The summed E-state index contributed by atoms with van der Waals surface area (Å²) in [5.41, 5.74) is -1.55. The van der Waals surface area contributed by atoms with Crippen molar-refractivity contribution >= 4 is 5.91 Å². The zero-order valence-corrected chi connectivity index (χ0v) is 12.6. The van der Waals surface area contributed by atoms with E-state index in [1.165, 1.54) is 24.3 Å². The highest BCUT2D eigenvalue weighted by atomic mass is 19.4. The molecular formula is C16H15F3N2O3. The number of benzene rings is 1. The van der Waals surface area contributed by atoms with Crippen molar-refractivity contribution in [2.75, 3.05) is 6.54 Å². The number of hydrogen-bond acceptors (Lipinski definition) is 3. The van der Waals surface area contributed by atoms with Crippen LogP contribution >= 0.6 is 0 Å². The Bertz CT molecular complexity index is 800. The smallest absolute Gasteiger partial charge is 0.387 e. The second-order valence-corrected chi connectivity index (χ2v) is 5.19. The van der Waals surface area contributed by atoms with Gasteiger partial charge in [-0.3, -0.25) is 9.59 Å². The fourth-order valence-electron chi connectivity index (χ4n) is 2.19. The summed E-state index contributed by atoms with van der Waals surface area (Å²) in [7, 11) is 0. The highest BCUT2D eigenvalue weighted by Crippen LogP contribution is 2.34. The number of alkyl halides is 3. The molecule has 0 aliphatic heterocycles. The van der Waals surface area contributed by atoms with E-state index in [9.17, 15) is 27.9 Å². The molecule has 1 amide bonds. The number of aliphatic hydroxyl groups is 1. The maximum absolute atomic E-state index is 12.9. The molecule has 0 spiro atoms. The summed E-state index contributed by atoms with van der Waals surface area (Å²) < 4.78 is 38.8. The Kier molecular flexibility index (Phi) is 5.08. The molecule has 128 valence electrons. The van der Waals surface area contributed by atoms with Gasteiger partial charge in [-0.1, -0.05) is 18.2 Å². The summed E-state index contributed by atoms with van der Waals surface area (Å²) in [5, 5.41) is 12.2. The first-order chi connectivity index (χ1) is 11.2. The number of carbonyl (C=O) groups excluding carboxylic acids is 1. The molecule has 0 fully saturated rings. The highest BCUT2D eigenvalue weighted by molar-refractivity contribution is 5.93. The van der Waals surface area contributed by atoms with Crippen molar-refractivity contribution in [1.82, 2.24) is 10.3 Å². The van der Waals surface area contributed by atoms with Gasteiger partial charge in [0.05, 0.1) is 11.7 Å². The van der Waals surface area contributed by atoms with E-state index in [2.05, 4.69) is 10.3 Å². The first kappa shape index (κ1) is 17.7. The quantitative estimate of drug-likeness (QED) is 0.798. The van der Waals surface area contributed by atoms with Gasteiger partial charge in [0.15, 0.2) is 0 Å². The van der Waals surface area contributed by atoms with E-state index in [1.54, 1.807) is 6.92 Å². The van der Waals surface area contributed by atoms with Gasteiger partial charge in [-0.05, 0) is 30.7 Å². The Balaban J connectivity index is 2.13. The summed E-state index contributed by atoms with van der Waals surface area (Å²) in [6.07, 6.45) is -6.17. The van der Waals surface area contributed by atoms with E-state index in [0.717, 1.165) is 12.1 Å². The summed E-state index contributed by atoms with van der Waals surface area (Å²) in [5.74, 6) is -0.778. The number of hydrogen-bond donors (Lipinski definition) is 3. The number of carbonyl (C=O) groups is 1. The van der Waals surface area contributed by atoms with Crippen molar-refractivity contribution < 1.29 is 23.1 Å². The normalized spacial score (nSPS) is 12.7. The van der Waals surface area contributed by atoms with Gasteiger partial charge >= 0.3 is 6.18 Å². The first-order valence-electron chi connectivity index (χ1n) is 7.02. The Hall–Kier alpha value is -2.61. The number of aromatic amines is 1. The second-order valence-electron chi connectivity index (χ2n) is 5.19. The predicted molar refractivity (Wildman–Crippen MR) is 80.5 cm³/mol. The minimum Gasteiger partial charge on any atom is -0.387 e. The van der Waals surface area contributed by atoms with Crippen LogP contribution in [0.1, 0.15) is 33.3 Å². The average Bonchev–Trinajstić information content (AvgIpc) is 2.51. The molecule has 1 unspecified atom stereocenters. The number of halogens is 3. The van der Waals surface area contributed by atoms with Gasteiger partial charge < -0.3 is 15.4 Å². The lowest BCUT2D eigenvalue weighted by Gasteiger charge is -2.17. The summed E-state index contributed by atoms with van der Waals surface area (Å²) in [6.45, 7) is 1.18. The number of nitrogens with one attached hydrogen (secondary N) is 2. The summed E-state index contributed by atoms with van der Waals surface area (Å²) in [4.78, 5) is 26.0. The van der Waals surface area contributed by atoms with Crippen LogP contribution in [-0.2, 0) is 6.18 Å². The lowest BCUT2D eigenvalue weighted by Crippen LogP contribution is -2.33. The maximum Gasteiger partial charge on any atom is 0.416 e. The van der Waals surface area contributed by atoms with Gasteiger partial charge in [0.1, 0.15) is 5.56 Å². The maximum atomic E-state index is 12.9. The topological polar surface area (TPSA) is 82.2 Å². The summed E-state index contributed by atoms with van der Waals surface area (Å²) >= 11 is 0. The SMILES string of the molecule is Cc1ccc(C(=O)NCC(O)c2ccccc2C(F)(F)F)c(=O)[nH]1. The number of aliphatic hydroxyl groups excluding tert-OH is 1. The standard InChI is InChI=1S/C16H15F3N2O3/c1-9-6-7-11(15(24)21-9)14(23)20-8-13(22)10-4-2-3-5-12(10)16(17,18)19/h2-7,13,22H,8H2,1H3,(H,20,23)(H,21,24). The van der Waals surface area contributed by atoms with E-state index in [0.29, 0.717) is 5.69 Å². The van der Waals surface area contributed by atoms with Crippen LogP contribution in [0.4, 0.5) is 13.2 Å². The molecule has 0 bridgehead atoms. The number of rotatable bonds is 4. The molecule has 2 rings (SSSR count). The lowest BCUT2D eigenvalue weighted by atomic mass is 10.0. The van der Waals surface area contributed by atoms with Crippen LogP contribution in [0.5, 0.6) is 0 Å². The van der Waals surface area contributed by atoms with Crippen molar-refractivity contribution in [3.8, 4) is 0 Å². The van der Waals surface area contributed by atoms with Gasteiger partial charge in [-0.25, -0.2) is 0 Å². The van der Waals surface area contributed by atoms with Gasteiger partial charge in [-0.15, -0.1) is 0 Å². The number of H-pyrrole nitrogens is 1. The van der Waals surface area contributed by atoms with Crippen LogP contribution in [0.25, 0.3) is 0 Å². The number of amides is 1. The monoisotopic (exact) mass is 340 g/mol. The Labute approximate surface area is 135 Å². The third-order valence-electron chi connectivity index (χ3n) is 3.38. The molecule has 0 saturated heterocycles. The minimum atomic E-state index is -4.62. The third kappa shape index (κ3) is 4.02. The third-order valence-corrected chi connectivity index (χ3v) is 3.38. The first-order valence-corrected chi connectivity index (χ1v) is 7.02. The zero-order valence-electron chi connectivity index (χ0n) is 12.6. The number of aryl methyl sites for hydroxylation is 1. The molecule has 1 aromatic heterocycles. The van der Waals surface area contributed by atoms with Crippen LogP contribution in [0.3, 0.4) is 0 Å². The lowest BCUT2D eigenvalue weighted by molar-refractivity contribution is -0.139. The highest BCUT2D eigenvalue weighted by Gasteiger charge is 2.34. The second kappa shape index (κ2) is 6.88. The number of aromatic nitrogens is 1. The van der Waals surface area contributed by atoms with Gasteiger partial charge in [0.2, 0.25) is 0 Å². The van der Waals surface area contributed by atoms with E-state index in [-0.39, 0.29) is 11.1 Å². The van der Waals surface area contributed by atoms with Crippen molar-refractivity contribution in [2.24, 2.45) is 0 Å². The predicted octanol–water partition coefficient (Wildman–Crippen LogP) is 2.17. The molecular weight excluding hydrogens is 325 g/mol. The minimum absolute atomic E-state index is 0.183. The molecule has 1 aromatic carbocycles. The van der Waals surface area contributed by atoms with E-state index in [4.69, 9.17) is 0 Å². The van der Waals surface area contributed by atoms with Gasteiger partial charge in [0, 0.05) is 12.2 Å². The Morgan fingerprint density at radius 3 is 2.54 bits per heavy atom. The average molecular weight is 340 g/mol. The van der Waals surface area contributed by atoms with Crippen LogP contribution < -0.4 is 10.9 Å². The van der Waals surface area contributed by atoms with Crippen LogP contribution in [-0.4, -0.2) is 22.5 Å². The Morgan fingerprint density at radius 2 is 1.92 bits per heavy atom. The van der Waals surface area contributed by atoms with Crippen molar-refractivity contribution in [3.63, 3.8) is 0 Å². The van der Waals surface area contributed by atoms with E-state index < -0.39 is 35.9 Å².